The number of halogens is 1. The molecule has 20 heavy (non-hydrogen) atoms. The van der Waals surface area contributed by atoms with E-state index in [1.165, 1.54) is 12.1 Å². The third-order valence-electron chi connectivity index (χ3n) is 3.06. The first-order chi connectivity index (χ1) is 9.65. The van der Waals surface area contributed by atoms with Gasteiger partial charge in [-0.05, 0) is 24.3 Å². The van der Waals surface area contributed by atoms with Crippen molar-refractivity contribution in [2.24, 2.45) is 7.05 Å². The van der Waals surface area contributed by atoms with Crippen LogP contribution in [0.3, 0.4) is 0 Å². The molecule has 0 atom stereocenters. The number of para-hydroxylation sites is 1. The van der Waals surface area contributed by atoms with E-state index in [1.807, 2.05) is 24.3 Å². The number of aryl methyl sites for hydroxylation is 1. The second kappa shape index (κ2) is 4.77. The van der Waals surface area contributed by atoms with Crippen molar-refractivity contribution in [1.29, 1.82) is 0 Å². The normalized spacial score (nSPS) is 10.7. The summed E-state index contributed by atoms with van der Waals surface area (Å²) in [6, 6.07) is 13.2. The molecule has 3 rings (SSSR count). The van der Waals surface area contributed by atoms with Gasteiger partial charge in [0.05, 0.1) is 5.52 Å². The SMILES string of the molecule is Cn1nc(C(=O)Nc2cccc(F)c2)c2ccccc21. The van der Waals surface area contributed by atoms with E-state index in [-0.39, 0.29) is 5.91 Å². The van der Waals surface area contributed by atoms with E-state index in [2.05, 4.69) is 10.4 Å². The van der Waals surface area contributed by atoms with Gasteiger partial charge in [0.1, 0.15) is 5.82 Å². The Morgan fingerprint density at radius 3 is 2.80 bits per heavy atom. The largest absolute Gasteiger partial charge is 0.320 e. The molecule has 0 saturated carbocycles. The molecule has 0 unspecified atom stereocenters. The van der Waals surface area contributed by atoms with Gasteiger partial charge in [-0.3, -0.25) is 9.48 Å². The molecule has 0 aliphatic heterocycles. The van der Waals surface area contributed by atoms with Crippen LogP contribution in [-0.4, -0.2) is 15.7 Å². The average molecular weight is 269 g/mol. The number of benzene rings is 2. The molecule has 4 nitrogen and oxygen atoms in total. The summed E-state index contributed by atoms with van der Waals surface area (Å²) in [6.45, 7) is 0. The summed E-state index contributed by atoms with van der Waals surface area (Å²) in [5.41, 5.74) is 1.61. The number of hydrogen-bond donors (Lipinski definition) is 1. The van der Waals surface area contributed by atoms with E-state index in [9.17, 15) is 9.18 Å². The summed E-state index contributed by atoms with van der Waals surface area (Å²) in [5.74, 6) is -0.749. The van der Waals surface area contributed by atoms with Crippen LogP contribution in [-0.2, 0) is 7.05 Å². The Bertz CT molecular complexity index is 795. The Morgan fingerprint density at radius 1 is 1.20 bits per heavy atom. The van der Waals surface area contributed by atoms with Gasteiger partial charge in [0, 0.05) is 18.1 Å². The highest BCUT2D eigenvalue weighted by atomic mass is 19.1. The fourth-order valence-corrected chi connectivity index (χ4v) is 2.14. The number of rotatable bonds is 2. The van der Waals surface area contributed by atoms with E-state index in [0.29, 0.717) is 11.4 Å². The van der Waals surface area contributed by atoms with E-state index in [1.54, 1.807) is 23.9 Å². The maximum absolute atomic E-state index is 13.1. The van der Waals surface area contributed by atoms with Crippen LogP contribution in [0.4, 0.5) is 10.1 Å². The summed E-state index contributed by atoms with van der Waals surface area (Å²) >= 11 is 0. The lowest BCUT2D eigenvalue weighted by atomic mass is 10.2. The van der Waals surface area contributed by atoms with Crippen LogP contribution in [0, 0.1) is 5.82 Å². The van der Waals surface area contributed by atoms with Crippen molar-refractivity contribution in [1.82, 2.24) is 9.78 Å². The first-order valence-corrected chi connectivity index (χ1v) is 6.14. The molecule has 0 spiro atoms. The lowest BCUT2D eigenvalue weighted by molar-refractivity contribution is 0.102. The standard InChI is InChI=1S/C15H12FN3O/c1-19-13-8-3-2-7-12(13)14(18-19)15(20)17-11-6-4-5-10(16)9-11/h2-9H,1H3,(H,17,20). The van der Waals surface area contributed by atoms with Crippen LogP contribution >= 0.6 is 0 Å². The predicted molar refractivity (Wildman–Crippen MR) is 75.1 cm³/mol. The zero-order chi connectivity index (χ0) is 14.1. The molecule has 1 aromatic heterocycles. The number of anilines is 1. The van der Waals surface area contributed by atoms with Gasteiger partial charge in [0.15, 0.2) is 5.69 Å². The highest BCUT2D eigenvalue weighted by Crippen LogP contribution is 2.19. The fourth-order valence-electron chi connectivity index (χ4n) is 2.14. The molecule has 0 fully saturated rings. The predicted octanol–water partition coefficient (Wildman–Crippen LogP) is 2.96. The topological polar surface area (TPSA) is 46.9 Å². The molecule has 1 N–H and O–H groups in total. The minimum absolute atomic E-state index is 0.326. The molecule has 2 aromatic carbocycles. The lowest BCUT2D eigenvalue weighted by Crippen LogP contribution is -2.13. The molecule has 0 bridgehead atoms. The maximum Gasteiger partial charge on any atom is 0.276 e. The van der Waals surface area contributed by atoms with E-state index in [0.717, 1.165) is 10.9 Å². The molecule has 0 aliphatic rings. The van der Waals surface area contributed by atoms with Crippen LogP contribution in [0.15, 0.2) is 48.5 Å². The molecular formula is C15H12FN3O. The quantitative estimate of drug-likeness (QED) is 0.777. The van der Waals surface area contributed by atoms with Gasteiger partial charge in [-0.2, -0.15) is 5.10 Å². The zero-order valence-corrected chi connectivity index (χ0v) is 10.8. The molecule has 0 radical (unpaired) electrons. The third-order valence-corrected chi connectivity index (χ3v) is 3.06. The highest BCUT2D eigenvalue weighted by Gasteiger charge is 2.15. The number of hydrogen-bond acceptors (Lipinski definition) is 2. The summed E-state index contributed by atoms with van der Waals surface area (Å²) in [7, 11) is 1.78. The molecule has 1 heterocycles. The van der Waals surface area contributed by atoms with Crippen LogP contribution in [0.2, 0.25) is 0 Å². The Kier molecular flexibility index (Phi) is 2.95. The molecule has 3 aromatic rings. The Labute approximate surface area is 114 Å². The second-order valence-corrected chi connectivity index (χ2v) is 4.45. The van der Waals surface area contributed by atoms with Crippen molar-refractivity contribution in [3.8, 4) is 0 Å². The van der Waals surface area contributed by atoms with Crippen molar-refractivity contribution >= 4 is 22.5 Å². The van der Waals surface area contributed by atoms with Crippen molar-refractivity contribution in [2.45, 2.75) is 0 Å². The van der Waals surface area contributed by atoms with Crippen molar-refractivity contribution in [2.75, 3.05) is 5.32 Å². The lowest BCUT2D eigenvalue weighted by Gasteiger charge is -2.03. The van der Waals surface area contributed by atoms with Gasteiger partial charge in [0.2, 0.25) is 0 Å². The highest BCUT2D eigenvalue weighted by molar-refractivity contribution is 6.11. The number of carbonyl (C=O) groups is 1. The second-order valence-electron chi connectivity index (χ2n) is 4.45. The number of nitrogens with one attached hydrogen (secondary N) is 1. The summed E-state index contributed by atoms with van der Waals surface area (Å²) in [4.78, 5) is 12.2. The van der Waals surface area contributed by atoms with Gasteiger partial charge in [-0.15, -0.1) is 0 Å². The van der Waals surface area contributed by atoms with Crippen LogP contribution in [0.5, 0.6) is 0 Å². The monoisotopic (exact) mass is 269 g/mol. The Balaban J connectivity index is 1.97. The summed E-state index contributed by atoms with van der Waals surface area (Å²) < 4.78 is 14.8. The molecule has 0 aliphatic carbocycles. The number of nitrogens with zero attached hydrogens (tertiary/aromatic N) is 2. The van der Waals surface area contributed by atoms with Crippen LogP contribution in [0.1, 0.15) is 10.5 Å². The molecule has 0 saturated heterocycles. The van der Waals surface area contributed by atoms with Crippen molar-refractivity contribution in [3.63, 3.8) is 0 Å². The van der Waals surface area contributed by atoms with Gasteiger partial charge in [-0.1, -0.05) is 24.3 Å². The molecule has 5 heteroatoms. The minimum Gasteiger partial charge on any atom is -0.320 e. The van der Waals surface area contributed by atoms with Crippen LogP contribution < -0.4 is 5.32 Å². The van der Waals surface area contributed by atoms with E-state index >= 15 is 0 Å². The zero-order valence-electron chi connectivity index (χ0n) is 10.8. The fraction of sp³-hybridized carbons (Fsp3) is 0.0667. The molecule has 1 amide bonds. The van der Waals surface area contributed by atoms with Crippen molar-refractivity contribution < 1.29 is 9.18 Å². The van der Waals surface area contributed by atoms with E-state index in [4.69, 9.17) is 0 Å². The Morgan fingerprint density at radius 2 is 2.00 bits per heavy atom. The van der Waals surface area contributed by atoms with E-state index < -0.39 is 5.82 Å². The summed E-state index contributed by atoms with van der Waals surface area (Å²) in [5, 5.41) is 7.64. The first-order valence-electron chi connectivity index (χ1n) is 6.14. The number of amides is 1. The number of fused-ring (bicyclic) bond motifs is 1. The van der Waals surface area contributed by atoms with Crippen LogP contribution in [0.25, 0.3) is 10.9 Å². The van der Waals surface area contributed by atoms with Gasteiger partial charge in [-0.25, -0.2) is 4.39 Å². The number of carbonyl (C=O) groups excluding carboxylic acids is 1. The smallest absolute Gasteiger partial charge is 0.276 e. The number of aromatic nitrogens is 2. The van der Waals surface area contributed by atoms with Crippen molar-refractivity contribution in [3.05, 3.63) is 60.0 Å². The van der Waals surface area contributed by atoms with Gasteiger partial charge >= 0.3 is 0 Å². The summed E-state index contributed by atoms with van der Waals surface area (Å²) in [6.07, 6.45) is 0. The third kappa shape index (κ3) is 2.14. The maximum atomic E-state index is 13.1. The van der Waals surface area contributed by atoms with Gasteiger partial charge < -0.3 is 5.32 Å². The first kappa shape index (κ1) is 12.3. The minimum atomic E-state index is -0.395. The molecular weight excluding hydrogens is 257 g/mol. The average Bonchev–Trinajstić information content (AvgIpc) is 2.77. The van der Waals surface area contributed by atoms with Gasteiger partial charge in [0.25, 0.3) is 5.91 Å². The molecule has 100 valence electrons. The Hall–Kier alpha value is -2.69.